The predicted molar refractivity (Wildman–Crippen MR) is 111 cm³/mol. The molecule has 1 N–H and O–H groups in total. The van der Waals surface area contributed by atoms with Crippen LogP contribution in [0.15, 0.2) is 45.6 Å². The molecular formula is C23H20F2N2O5. The number of ether oxygens (including phenoxy) is 2. The number of benzene rings is 2. The minimum atomic E-state index is -1.02. The molecule has 0 saturated carbocycles. The number of nitrogens with one attached hydrogen (secondary N) is 1. The lowest BCUT2D eigenvalue weighted by Crippen LogP contribution is -2.44. The maximum absolute atomic E-state index is 14.0. The van der Waals surface area contributed by atoms with E-state index in [1.807, 2.05) is 18.2 Å². The maximum Gasteiger partial charge on any atom is 0.287 e. The van der Waals surface area contributed by atoms with Crippen molar-refractivity contribution in [2.24, 2.45) is 0 Å². The van der Waals surface area contributed by atoms with Crippen LogP contribution in [0.1, 0.15) is 29.0 Å². The largest absolute Gasteiger partial charge is 0.454 e. The second-order valence-corrected chi connectivity index (χ2v) is 7.95. The molecule has 0 unspecified atom stereocenters. The fourth-order valence-corrected chi connectivity index (χ4v) is 4.08. The first-order valence-corrected chi connectivity index (χ1v) is 10.3. The topological polar surface area (TPSA) is 81.0 Å². The van der Waals surface area contributed by atoms with Gasteiger partial charge in [0.25, 0.3) is 5.91 Å². The Morgan fingerprint density at radius 2 is 1.84 bits per heavy atom. The van der Waals surface area contributed by atoms with E-state index in [0.29, 0.717) is 18.9 Å². The molecule has 9 heteroatoms. The molecule has 2 aliphatic rings. The van der Waals surface area contributed by atoms with Crippen molar-refractivity contribution in [2.45, 2.75) is 25.4 Å². The highest BCUT2D eigenvalue weighted by atomic mass is 19.1. The quantitative estimate of drug-likeness (QED) is 0.669. The lowest BCUT2D eigenvalue weighted by molar-refractivity contribution is 0.0881. The van der Waals surface area contributed by atoms with Crippen LogP contribution in [0.5, 0.6) is 11.5 Å². The summed E-state index contributed by atoms with van der Waals surface area (Å²) in [6.07, 6.45) is 1.43. The molecule has 0 radical (unpaired) electrons. The van der Waals surface area contributed by atoms with Crippen LogP contribution in [0.4, 0.5) is 8.78 Å². The molecule has 2 aliphatic heterocycles. The van der Waals surface area contributed by atoms with E-state index in [4.69, 9.17) is 13.9 Å². The summed E-state index contributed by atoms with van der Waals surface area (Å²) in [5.41, 5.74) is 0.0177. The molecule has 166 valence electrons. The third-order valence-corrected chi connectivity index (χ3v) is 5.74. The van der Waals surface area contributed by atoms with Gasteiger partial charge in [-0.2, -0.15) is 0 Å². The summed E-state index contributed by atoms with van der Waals surface area (Å²) in [5, 5.41) is 2.61. The minimum Gasteiger partial charge on any atom is -0.454 e. The average molecular weight is 442 g/mol. The highest BCUT2D eigenvalue weighted by Gasteiger charge is 2.24. The number of rotatable bonds is 4. The zero-order valence-electron chi connectivity index (χ0n) is 17.0. The Hall–Kier alpha value is -3.46. The van der Waals surface area contributed by atoms with Crippen molar-refractivity contribution < 1.29 is 27.5 Å². The normalized spacial score (nSPS) is 16.4. The molecule has 1 amide bonds. The van der Waals surface area contributed by atoms with Crippen LogP contribution in [-0.2, 0) is 6.54 Å². The summed E-state index contributed by atoms with van der Waals surface area (Å²) in [4.78, 5) is 27.1. The van der Waals surface area contributed by atoms with E-state index in [-0.39, 0.29) is 24.0 Å². The zero-order valence-corrected chi connectivity index (χ0v) is 17.0. The van der Waals surface area contributed by atoms with Gasteiger partial charge in [-0.1, -0.05) is 6.07 Å². The number of halogens is 2. The van der Waals surface area contributed by atoms with Gasteiger partial charge >= 0.3 is 0 Å². The lowest BCUT2D eigenvalue weighted by atomic mass is 10.0. The number of hydrogen-bond acceptors (Lipinski definition) is 6. The number of nitrogens with zero attached hydrogens (tertiary/aromatic N) is 1. The molecule has 5 rings (SSSR count). The molecule has 32 heavy (non-hydrogen) atoms. The summed E-state index contributed by atoms with van der Waals surface area (Å²) in [7, 11) is 0. The lowest BCUT2D eigenvalue weighted by Gasteiger charge is -2.32. The molecule has 1 aromatic heterocycles. The monoisotopic (exact) mass is 442 g/mol. The van der Waals surface area contributed by atoms with E-state index in [2.05, 4.69) is 10.2 Å². The van der Waals surface area contributed by atoms with Gasteiger partial charge in [0.15, 0.2) is 34.1 Å². The average Bonchev–Trinajstić information content (AvgIpc) is 3.23. The summed E-state index contributed by atoms with van der Waals surface area (Å²) < 4.78 is 43.4. The molecule has 0 atom stereocenters. The van der Waals surface area contributed by atoms with Gasteiger partial charge in [0, 0.05) is 37.8 Å². The van der Waals surface area contributed by atoms with Gasteiger partial charge in [-0.05, 0) is 36.6 Å². The number of amides is 1. The highest BCUT2D eigenvalue weighted by Crippen LogP contribution is 2.33. The van der Waals surface area contributed by atoms with Crippen LogP contribution in [0.3, 0.4) is 0 Å². The fraction of sp³-hybridized carbons (Fsp3) is 0.304. The number of piperidine rings is 1. The Morgan fingerprint density at radius 1 is 1.06 bits per heavy atom. The highest BCUT2D eigenvalue weighted by molar-refractivity contribution is 5.93. The van der Waals surface area contributed by atoms with Crippen LogP contribution in [-0.4, -0.2) is 36.7 Å². The van der Waals surface area contributed by atoms with Gasteiger partial charge in [0.1, 0.15) is 5.82 Å². The summed E-state index contributed by atoms with van der Waals surface area (Å²) in [6, 6.07) is 8.25. The standard InChI is InChI=1S/C23H20F2N2O5/c24-14-8-16-18(28)10-21(32-22(16)17(25)9-14)23(29)26-15-3-5-27(6-4-15)11-13-1-2-19-20(7-13)31-12-30-19/h1-2,7-10,15H,3-6,11-12H2,(H,26,29). The van der Waals surface area contributed by atoms with Crippen LogP contribution >= 0.6 is 0 Å². The van der Waals surface area contributed by atoms with Gasteiger partial charge in [0.2, 0.25) is 6.79 Å². The van der Waals surface area contributed by atoms with E-state index < -0.39 is 28.6 Å². The first-order valence-electron chi connectivity index (χ1n) is 10.3. The van der Waals surface area contributed by atoms with Crippen LogP contribution in [0.25, 0.3) is 11.0 Å². The third kappa shape index (κ3) is 4.03. The minimum absolute atomic E-state index is 0.102. The van der Waals surface area contributed by atoms with Crippen LogP contribution < -0.4 is 20.2 Å². The third-order valence-electron chi connectivity index (χ3n) is 5.74. The maximum atomic E-state index is 14.0. The Bertz CT molecular complexity index is 1250. The number of carbonyl (C=O) groups is 1. The zero-order chi connectivity index (χ0) is 22.2. The van der Waals surface area contributed by atoms with Gasteiger partial charge in [-0.15, -0.1) is 0 Å². The Balaban J connectivity index is 1.21. The van der Waals surface area contributed by atoms with E-state index >= 15 is 0 Å². The smallest absolute Gasteiger partial charge is 0.287 e. The molecule has 2 aromatic carbocycles. The molecule has 3 heterocycles. The van der Waals surface area contributed by atoms with Crippen LogP contribution in [0.2, 0.25) is 0 Å². The van der Waals surface area contributed by atoms with E-state index in [9.17, 15) is 18.4 Å². The van der Waals surface area contributed by atoms with E-state index in [1.54, 1.807) is 0 Å². The Morgan fingerprint density at radius 3 is 2.66 bits per heavy atom. The Kier molecular flexibility index (Phi) is 5.26. The SMILES string of the molecule is O=C(NC1CCN(Cc2ccc3c(c2)OCO3)CC1)c1cc(=O)c2cc(F)cc(F)c2o1. The van der Waals surface area contributed by atoms with E-state index in [0.717, 1.165) is 48.8 Å². The van der Waals surface area contributed by atoms with Gasteiger partial charge in [-0.3, -0.25) is 14.5 Å². The van der Waals surface area contributed by atoms with Gasteiger partial charge in [0.05, 0.1) is 5.39 Å². The predicted octanol–water partition coefficient (Wildman–Crippen LogP) is 3.19. The van der Waals surface area contributed by atoms with Crippen molar-refractivity contribution in [2.75, 3.05) is 19.9 Å². The van der Waals surface area contributed by atoms with Gasteiger partial charge < -0.3 is 19.2 Å². The van der Waals surface area contributed by atoms with Crippen molar-refractivity contribution in [3.05, 3.63) is 69.6 Å². The van der Waals surface area contributed by atoms with E-state index in [1.165, 1.54) is 0 Å². The number of likely N-dealkylation sites (tertiary alicyclic amines) is 1. The number of carbonyl (C=O) groups excluding carboxylic acids is 1. The summed E-state index contributed by atoms with van der Waals surface area (Å²) in [5.74, 6) is -1.30. The molecule has 0 bridgehead atoms. The summed E-state index contributed by atoms with van der Waals surface area (Å²) >= 11 is 0. The van der Waals surface area contributed by atoms with Crippen molar-refractivity contribution in [1.29, 1.82) is 0 Å². The Labute approximate surface area is 181 Å². The molecule has 3 aromatic rings. The molecule has 7 nitrogen and oxygen atoms in total. The van der Waals surface area contributed by atoms with Crippen molar-refractivity contribution in [1.82, 2.24) is 10.2 Å². The molecular weight excluding hydrogens is 422 g/mol. The van der Waals surface area contributed by atoms with Crippen LogP contribution in [0, 0.1) is 11.6 Å². The first kappa shape index (κ1) is 20.4. The number of hydrogen-bond donors (Lipinski definition) is 1. The molecule has 0 spiro atoms. The number of fused-ring (bicyclic) bond motifs is 2. The van der Waals surface area contributed by atoms with Gasteiger partial charge in [-0.25, -0.2) is 8.78 Å². The second-order valence-electron chi connectivity index (χ2n) is 7.95. The first-order chi connectivity index (χ1) is 15.5. The molecule has 1 fully saturated rings. The fourth-order valence-electron chi connectivity index (χ4n) is 4.08. The van der Waals surface area contributed by atoms with Crippen molar-refractivity contribution in [3.63, 3.8) is 0 Å². The van der Waals surface area contributed by atoms with Crippen molar-refractivity contribution in [3.8, 4) is 11.5 Å². The molecule has 1 saturated heterocycles. The molecule has 0 aliphatic carbocycles. The summed E-state index contributed by atoms with van der Waals surface area (Å²) in [6.45, 7) is 2.54. The van der Waals surface area contributed by atoms with Crippen molar-refractivity contribution >= 4 is 16.9 Å². The second kappa shape index (κ2) is 8.23.